The van der Waals surface area contributed by atoms with E-state index in [0.29, 0.717) is 11.5 Å². The van der Waals surface area contributed by atoms with E-state index in [2.05, 4.69) is 10.4 Å². The number of hydrogen-bond donors (Lipinski definition) is 1. The molecule has 27 heavy (non-hydrogen) atoms. The molecule has 1 unspecified atom stereocenters. The summed E-state index contributed by atoms with van der Waals surface area (Å²) in [5, 5.41) is 7.48. The van der Waals surface area contributed by atoms with Crippen LogP contribution in [0.3, 0.4) is 0 Å². The zero-order valence-electron chi connectivity index (χ0n) is 15.9. The third-order valence-electron chi connectivity index (χ3n) is 3.85. The number of carbonyl (C=O) groups is 2. The van der Waals surface area contributed by atoms with Gasteiger partial charge < -0.3 is 14.8 Å². The number of nitrogens with zero attached hydrogens (tertiary/aromatic N) is 2. The topological polar surface area (TPSA) is 82.5 Å². The highest BCUT2D eigenvalue weighted by molar-refractivity contribution is 5.94. The van der Waals surface area contributed by atoms with Gasteiger partial charge in [-0.3, -0.25) is 9.59 Å². The number of aromatic nitrogens is 2. The maximum absolute atomic E-state index is 13.2. The van der Waals surface area contributed by atoms with Crippen molar-refractivity contribution in [3.05, 3.63) is 41.8 Å². The van der Waals surface area contributed by atoms with E-state index < -0.39 is 17.9 Å². The minimum Gasteiger partial charge on any atom is -0.465 e. The summed E-state index contributed by atoms with van der Waals surface area (Å²) in [6, 6.07) is 7.73. The molecule has 7 nitrogen and oxygen atoms in total. The van der Waals surface area contributed by atoms with Crippen molar-refractivity contribution in [1.82, 2.24) is 9.78 Å². The van der Waals surface area contributed by atoms with Gasteiger partial charge in [0.05, 0.1) is 18.0 Å². The Labute approximate surface area is 157 Å². The fourth-order valence-corrected chi connectivity index (χ4v) is 2.26. The van der Waals surface area contributed by atoms with Gasteiger partial charge in [-0.1, -0.05) is 13.8 Å². The molecule has 0 aliphatic rings. The van der Waals surface area contributed by atoms with E-state index >= 15 is 0 Å². The van der Waals surface area contributed by atoms with Gasteiger partial charge in [0.15, 0.2) is 12.6 Å². The lowest BCUT2D eigenvalue weighted by Gasteiger charge is -2.13. The minimum atomic E-state index is -1.00. The van der Waals surface area contributed by atoms with Crippen molar-refractivity contribution in [1.29, 1.82) is 0 Å². The summed E-state index contributed by atoms with van der Waals surface area (Å²) in [4.78, 5) is 23.5. The number of anilines is 1. The van der Waals surface area contributed by atoms with E-state index in [0.717, 1.165) is 5.69 Å². The molecule has 0 saturated heterocycles. The van der Waals surface area contributed by atoms with Crippen LogP contribution in [-0.2, 0) is 19.1 Å². The number of nitrogens with one attached hydrogen (secondary N) is 1. The van der Waals surface area contributed by atoms with Crippen LogP contribution in [0.1, 0.15) is 39.3 Å². The van der Waals surface area contributed by atoms with Crippen molar-refractivity contribution in [3.8, 4) is 5.69 Å². The van der Waals surface area contributed by atoms with Crippen molar-refractivity contribution < 1.29 is 23.5 Å². The van der Waals surface area contributed by atoms with Crippen LogP contribution in [0.4, 0.5) is 10.2 Å². The number of hydrogen-bond acceptors (Lipinski definition) is 6. The Kier molecular flexibility index (Phi) is 6.92. The molecule has 0 amide bonds. The summed E-state index contributed by atoms with van der Waals surface area (Å²) in [5.74, 6) is -1.88. The smallest absolute Gasteiger partial charge is 0.321 e. The Morgan fingerprint density at radius 1 is 1.15 bits per heavy atom. The summed E-state index contributed by atoms with van der Waals surface area (Å²) in [7, 11) is 0. The molecule has 2 aromatic rings. The van der Waals surface area contributed by atoms with Crippen LogP contribution < -0.4 is 5.32 Å². The molecule has 0 fully saturated rings. The molecule has 146 valence electrons. The number of benzene rings is 1. The Hall–Kier alpha value is -2.90. The highest BCUT2D eigenvalue weighted by atomic mass is 19.1. The number of rotatable bonds is 8. The number of carbonyl (C=O) groups excluding carboxylic acids is 2. The quantitative estimate of drug-likeness (QED) is 0.432. The van der Waals surface area contributed by atoms with Crippen LogP contribution in [0.25, 0.3) is 5.69 Å². The lowest BCUT2D eigenvalue weighted by molar-refractivity contribution is -0.160. The highest BCUT2D eigenvalue weighted by Crippen LogP contribution is 2.22. The highest BCUT2D eigenvalue weighted by Gasteiger charge is 2.24. The molecule has 0 radical (unpaired) electrons. The van der Waals surface area contributed by atoms with Crippen LogP contribution in [0.15, 0.2) is 30.3 Å². The Bertz CT molecular complexity index is 787. The Balaban J connectivity index is 2.08. The van der Waals surface area contributed by atoms with E-state index in [-0.39, 0.29) is 25.1 Å². The second kappa shape index (κ2) is 9.16. The van der Waals surface area contributed by atoms with Gasteiger partial charge in [-0.15, -0.1) is 0 Å². The van der Waals surface area contributed by atoms with Crippen LogP contribution in [0.5, 0.6) is 0 Å². The second-order valence-corrected chi connectivity index (χ2v) is 6.26. The van der Waals surface area contributed by atoms with Gasteiger partial charge in [0.1, 0.15) is 11.6 Å². The molecule has 1 aromatic heterocycles. The van der Waals surface area contributed by atoms with Gasteiger partial charge in [-0.25, -0.2) is 9.07 Å². The summed E-state index contributed by atoms with van der Waals surface area (Å²) in [6.45, 7) is 7.15. The largest absolute Gasteiger partial charge is 0.465 e. The van der Waals surface area contributed by atoms with Crippen molar-refractivity contribution in [2.24, 2.45) is 5.92 Å². The number of ether oxygens (including phenoxy) is 2. The monoisotopic (exact) mass is 377 g/mol. The fourth-order valence-electron chi connectivity index (χ4n) is 2.26. The van der Waals surface area contributed by atoms with Crippen LogP contribution >= 0.6 is 0 Å². The third-order valence-corrected chi connectivity index (χ3v) is 3.85. The molecule has 1 heterocycles. The maximum atomic E-state index is 13.2. The summed E-state index contributed by atoms with van der Waals surface area (Å²) in [5.41, 5.74) is 1.49. The summed E-state index contributed by atoms with van der Waals surface area (Å²) in [6.07, 6.45) is 0. The third kappa shape index (κ3) is 5.29. The molecule has 2 rings (SSSR count). The van der Waals surface area contributed by atoms with E-state index in [1.807, 2.05) is 19.9 Å². The van der Waals surface area contributed by atoms with Crippen molar-refractivity contribution in [3.63, 3.8) is 0 Å². The molecular formula is C19H24FN3O4. The zero-order valence-corrected chi connectivity index (χ0v) is 15.9. The van der Waals surface area contributed by atoms with E-state index in [4.69, 9.17) is 9.47 Å². The van der Waals surface area contributed by atoms with Crippen molar-refractivity contribution in [2.45, 2.75) is 33.6 Å². The number of esters is 2. The Morgan fingerprint density at radius 2 is 1.78 bits per heavy atom. The molecular weight excluding hydrogens is 353 g/mol. The molecule has 1 aromatic carbocycles. The minimum absolute atomic E-state index is 0.146. The zero-order chi connectivity index (χ0) is 20.0. The predicted molar refractivity (Wildman–Crippen MR) is 98.0 cm³/mol. The normalized spacial score (nSPS) is 11.9. The maximum Gasteiger partial charge on any atom is 0.321 e. The summed E-state index contributed by atoms with van der Waals surface area (Å²) >= 11 is 0. The van der Waals surface area contributed by atoms with Crippen LogP contribution in [-0.4, -0.2) is 35.1 Å². The van der Waals surface area contributed by atoms with E-state index in [1.165, 1.54) is 19.1 Å². The summed E-state index contributed by atoms with van der Waals surface area (Å²) < 4.78 is 24.7. The van der Waals surface area contributed by atoms with Gasteiger partial charge in [0, 0.05) is 6.07 Å². The van der Waals surface area contributed by atoms with Crippen molar-refractivity contribution in [2.75, 3.05) is 18.7 Å². The van der Waals surface area contributed by atoms with E-state index in [9.17, 15) is 14.0 Å². The predicted octanol–water partition coefficient (Wildman–Crippen LogP) is 3.25. The molecule has 0 aliphatic heterocycles. The first-order valence-electron chi connectivity index (χ1n) is 8.76. The fraction of sp³-hybridized carbons (Fsp3) is 0.421. The molecule has 8 heteroatoms. The standard InChI is InChI=1S/C19H24FN3O4/c1-5-26-18(24)13(4)19(25)27-11-21-17-10-16(12(2)3)22-23(17)15-8-6-14(20)7-9-15/h6-10,12-13,21H,5,11H2,1-4H3. The Morgan fingerprint density at radius 3 is 2.37 bits per heavy atom. The van der Waals surface area contributed by atoms with E-state index in [1.54, 1.807) is 23.7 Å². The SMILES string of the molecule is CCOC(=O)C(C)C(=O)OCNc1cc(C(C)C)nn1-c1ccc(F)cc1. The van der Waals surface area contributed by atoms with Gasteiger partial charge in [-0.2, -0.15) is 5.10 Å². The molecule has 0 bridgehead atoms. The average Bonchev–Trinajstić information content (AvgIpc) is 3.06. The lowest BCUT2D eigenvalue weighted by Crippen LogP contribution is -2.27. The molecule has 0 spiro atoms. The van der Waals surface area contributed by atoms with Gasteiger partial charge in [0.2, 0.25) is 0 Å². The average molecular weight is 377 g/mol. The first kappa shape index (κ1) is 20.4. The van der Waals surface area contributed by atoms with Crippen molar-refractivity contribution >= 4 is 17.8 Å². The van der Waals surface area contributed by atoms with Crippen LogP contribution in [0, 0.1) is 11.7 Å². The molecule has 0 aliphatic carbocycles. The molecule has 1 N–H and O–H groups in total. The van der Waals surface area contributed by atoms with Crippen LogP contribution in [0.2, 0.25) is 0 Å². The van der Waals surface area contributed by atoms with Gasteiger partial charge in [-0.05, 0) is 44.0 Å². The second-order valence-electron chi connectivity index (χ2n) is 6.26. The first-order valence-corrected chi connectivity index (χ1v) is 8.76. The first-order chi connectivity index (χ1) is 12.8. The van der Waals surface area contributed by atoms with Gasteiger partial charge in [0.25, 0.3) is 0 Å². The van der Waals surface area contributed by atoms with Gasteiger partial charge >= 0.3 is 11.9 Å². The molecule has 1 atom stereocenters. The number of halogens is 1. The lowest BCUT2D eigenvalue weighted by atomic mass is 10.1. The molecule has 0 saturated carbocycles.